The number of carboxylic acid groups (broad SMARTS) is 1. The van der Waals surface area contributed by atoms with Gasteiger partial charge < -0.3 is 15.3 Å². The highest BCUT2D eigenvalue weighted by Crippen LogP contribution is 2.39. The Kier molecular flexibility index (Phi) is 4.16. The molecule has 1 aliphatic carbocycles. The third-order valence-electron chi connectivity index (χ3n) is 3.92. The zero-order valence-electron chi connectivity index (χ0n) is 12.1. The third-order valence-corrected chi connectivity index (χ3v) is 3.92. The van der Waals surface area contributed by atoms with Crippen LogP contribution in [-0.2, 0) is 11.3 Å². The van der Waals surface area contributed by atoms with E-state index in [4.69, 9.17) is 0 Å². The molecule has 2 rings (SSSR count). The molecule has 0 aliphatic heterocycles. The van der Waals surface area contributed by atoms with E-state index in [1.54, 1.807) is 18.2 Å². The van der Waals surface area contributed by atoms with E-state index in [-0.39, 0.29) is 18.3 Å². The first-order valence-electron chi connectivity index (χ1n) is 6.84. The van der Waals surface area contributed by atoms with Crippen LogP contribution in [0, 0.1) is 11.7 Å². The molecule has 5 nitrogen and oxygen atoms in total. The van der Waals surface area contributed by atoms with Crippen molar-refractivity contribution >= 4 is 12.0 Å². The molecule has 1 saturated carbocycles. The SMILES string of the molecule is CN(Cc1ccccc1F)C(=O)NC(C)(C(=O)O)C1CC1. The van der Waals surface area contributed by atoms with Gasteiger partial charge in [0.25, 0.3) is 0 Å². The van der Waals surface area contributed by atoms with E-state index in [1.165, 1.54) is 24.9 Å². The number of urea groups is 1. The summed E-state index contributed by atoms with van der Waals surface area (Å²) >= 11 is 0. The van der Waals surface area contributed by atoms with Crippen LogP contribution in [0.25, 0.3) is 0 Å². The minimum Gasteiger partial charge on any atom is -0.480 e. The number of hydrogen-bond donors (Lipinski definition) is 2. The number of amides is 2. The Hall–Kier alpha value is -2.11. The highest BCUT2D eigenvalue weighted by molar-refractivity contribution is 5.86. The maximum absolute atomic E-state index is 13.6. The average Bonchev–Trinajstić information content (AvgIpc) is 3.25. The summed E-state index contributed by atoms with van der Waals surface area (Å²) in [5.74, 6) is -1.47. The third kappa shape index (κ3) is 3.32. The smallest absolute Gasteiger partial charge is 0.329 e. The predicted molar refractivity (Wildman–Crippen MR) is 75.2 cm³/mol. The lowest BCUT2D eigenvalue weighted by Crippen LogP contribution is -2.56. The van der Waals surface area contributed by atoms with E-state index in [1.807, 2.05) is 0 Å². The number of carbonyl (C=O) groups excluding carboxylic acids is 1. The highest BCUT2D eigenvalue weighted by atomic mass is 19.1. The molecular formula is C15H19FN2O3. The van der Waals surface area contributed by atoms with E-state index in [9.17, 15) is 19.1 Å². The van der Waals surface area contributed by atoms with Crippen molar-refractivity contribution in [2.45, 2.75) is 31.8 Å². The summed E-state index contributed by atoms with van der Waals surface area (Å²) in [7, 11) is 1.51. The summed E-state index contributed by atoms with van der Waals surface area (Å²) in [5.41, 5.74) is -0.876. The van der Waals surface area contributed by atoms with Gasteiger partial charge in [-0.3, -0.25) is 0 Å². The minimum atomic E-state index is -1.26. The van der Waals surface area contributed by atoms with Gasteiger partial charge in [-0.15, -0.1) is 0 Å². The minimum absolute atomic E-state index is 0.0409. The molecule has 1 unspecified atom stereocenters. The Morgan fingerprint density at radius 1 is 1.43 bits per heavy atom. The number of aliphatic carboxylic acids is 1. The first-order valence-corrected chi connectivity index (χ1v) is 6.84. The average molecular weight is 294 g/mol. The van der Waals surface area contributed by atoms with Crippen LogP contribution >= 0.6 is 0 Å². The summed E-state index contributed by atoms with van der Waals surface area (Å²) < 4.78 is 13.6. The van der Waals surface area contributed by atoms with Crippen molar-refractivity contribution in [1.29, 1.82) is 0 Å². The number of nitrogens with one attached hydrogen (secondary N) is 1. The van der Waals surface area contributed by atoms with Gasteiger partial charge >= 0.3 is 12.0 Å². The second-order valence-corrected chi connectivity index (χ2v) is 5.66. The van der Waals surface area contributed by atoms with Crippen molar-refractivity contribution in [2.75, 3.05) is 7.05 Å². The molecule has 0 bridgehead atoms. The second kappa shape index (κ2) is 5.71. The van der Waals surface area contributed by atoms with Gasteiger partial charge in [-0.05, 0) is 31.7 Å². The molecule has 0 aromatic heterocycles. The molecule has 1 atom stereocenters. The summed E-state index contributed by atoms with van der Waals surface area (Å²) in [4.78, 5) is 24.8. The molecule has 0 radical (unpaired) electrons. The van der Waals surface area contributed by atoms with Gasteiger partial charge in [0.05, 0.1) is 0 Å². The molecule has 0 saturated heterocycles. The number of hydrogen-bond acceptors (Lipinski definition) is 2. The molecule has 2 N–H and O–H groups in total. The first-order chi connectivity index (χ1) is 9.84. The zero-order valence-corrected chi connectivity index (χ0v) is 12.1. The summed E-state index contributed by atoms with van der Waals surface area (Å²) in [6, 6.07) is 5.67. The number of rotatable bonds is 5. The van der Waals surface area contributed by atoms with Crippen LogP contribution in [0.3, 0.4) is 0 Å². The molecule has 0 spiro atoms. The lowest BCUT2D eigenvalue weighted by Gasteiger charge is -2.29. The quantitative estimate of drug-likeness (QED) is 0.875. The molecule has 6 heteroatoms. The lowest BCUT2D eigenvalue weighted by atomic mass is 9.96. The van der Waals surface area contributed by atoms with Crippen molar-refractivity contribution in [3.63, 3.8) is 0 Å². The topological polar surface area (TPSA) is 69.6 Å². The fourth-order valence-electron chi connectivity index (χ4n) is 2.26. The van der Waals surface area contributed by atoms with Crippen LogP contribution in [-0.4, -0.2) is 34.6 Å². The van der Waals surface area contributed by atoms with Gasteiger partial charge in [-0.2, -0.15) is 0 Å². The molecule has 1 aromatic carbocycles. The fourth-order valence-corrected chi connectivity index (χ4v) is 2.26. The van der Waals surface area contributed by atoms with Gasteiger partial charge in [0, 0.05) is 19.2 Å². The van der Waals surface area contributed by atoms with Crippen LogP contribution < -0.4 is 5.32 Å². The molecule has 1 aliphatic rings. The maximum atomic E-state index is 13.6. The summed E-state index contributed by atoms with van der Waals surface area (Å²) in [5, 5.41) is 11.9. The van der Waals surface area contributed by atoms with Crippen molar-refractivity contribution in [3.8, 4) is 0 Å². The van der Waals surface area contributed by atoms with Crippen LogP contribution in [0.1, 0.15) is 25.3 Å². The van der Waals surface area contributed by atoms with Crippen molar-refractivity contribution in [2.24, 2.45) is 5.92 Å². The molecular weight excluding hydrogens is 275 g/mol. The zero-order chi connectivity index (χ0) is 15.6. The first kappa shape index (κ1) is 15.3. The highest BCUT2D eigenvalue weighted by Gasteiger charge is 2.48. The Labute approximate surface area is 122 Å². The number of halogens is 1. The van der Waals surface area contributed by atoms with E-state index in [0.29, 0.717) is 5.56 Å². The maximum Gasteiger partial charge on any atom is 0.329 e. The van der Waals surface area contributed by atoms with Gasteiger partial charge in [0.2, 0.25) is 0 Å². The van der Waals surface area contributed by atoms with E-state index >= 15 is 0 Å². The molecule has 1 aromatic rings. The largest absolute Gasteiger partial charge is 0.480 e. The lowest BCUT2D eigenvalue weighted by molar-refractivity contribution is -0.144. The van der Waals surface area contributed by atoms with Crippen LogP contribution in [0.4, 0.5) is 9.18 Å². The summed E-state index contributed by atoms with van der Waals surface area (Å²) in [6.07, 6.45) is 1.58. The van der Waals surface area contributed by atoms with Gasteiger partial charge in [0.15, 0.2) is 0 Å². The van der Waals surface area contributed by atoms with E-state index < -0.39 is 17.5 Å². The van der Waals surface area contributed by atoms with Gasteiger partial charge in [-0.25, -0.2) is 14.0 Å². The number of nitrogens with zero attached hydrogens (tertiary/aromatic N) is 1. The molecule has 0 heterocycles. The van der Waals surface area contributed by atoms with Gasteiger partial charge in [0.1, 0.15) is 11.4 Å². The van der Waals surface area contributed by atoms with Gasteiger partial charge in [-0.1, -0.05) is 18.2 Å². The number of carbonyl (C=O) groups is 2. The second-order valence-electron chi connectivity index (χ2n) is 5.66. The summed E-state index contributed by atoms with van der Waals surface area (Å²) in [6.45, 7) is 1.60. The Bertz CT molecular complexity index is 560. The number of benzene rings is 1. The van der Waals surface area contributed by atoms with Crippen molar-refractivity contribution in [3.05, 3.63) is 35.6 Å². The van der Waals surface area contributed by atoms with Crippen molar-refractivity contribution < 1.29 is 19.1 Å². The van der Waals surface area contributed by atoms with Crippen molar-refractivity contribution in [1.82, 2.24) is 10.2 Å². The van der Waals surface area contributed by atoms with Crippen LogP contribution in [0.5, 0.6) is 0 Å². The standard InChI is InChI=1S/C15H19FN2O3/c1-15(13(19)20,11-7-8-11)17-14(21)18(2)9-10-5-3-4-6-12(10)16/h3-6,11H,7-9H2,1-2H3,(H,17,21)(H,19,20). The Balaban J connectivity index is 2.02. The molecule has 21 heavy (non-hydrogen) atoms. The van der Waals surface area contributed by atoms with Crippen LogP contribution in [0.2, 0.25) is 0 Å². The monoisotopic (exact) mass is 294 g/mol. The Morgan fingerprint density at radius 3 is 2.57 bits per heavy atom. The fraction of sp³-hybridized carbons (Fsp3) is 0.467. The molecule has 2 amide bonds. The van der Waals surface area contributed by atoms with E-state index in [0.717, 1.165) is 12.8 Å². The Morgan fingerprint density at radius 2 is 2.05 bits per heavy atom. The molecule has 1 fully saturated rings. The van der Waals surface area contributed by atoms with E-state index in [2.05, 4.69) is 5.32 Å². The normalized spacial score (nSPS) is 16.9. The molecule has 114 valence electrons. The predicted octanol–water partition coefficient (Wildman–Crippen LogP) is 2.22. The van der Waals surface area contributed by atoms with Crippen LogP contribution in [0.15, 0.2) is 24.3 Å². The number of carboxylic acids is 1.